The predicted octanol–water partition coefficient (Wildman–Crippen LogP) is 4.69. The standard InChI is InChI=1S/C16H14Cl2F3N3O/c1-23(8-16(19,20)21)15(25)11-7-22-24(14(11)9-2-3-9)13-5-4-10(17)6-12(13)18/h4-7,9H,2-3,8H2,1H3. The van der Waals surface area contributed by atoms with Crippen molar-refractivity contribution in [1.29, 1.82) is 0 Å². The van der Waals surface area contributed by atoms with Crippen molar-refractivity contribution in [2.45, 2.75) is 24.9 Å². The molecule has 134 valence electrons. The lowest BCUT2D eigenvalue weighted by atomic mass is 10.1. The second kappa shape index (κ2) is 6.53. The first-order valence-corrected chi connectivity index (χ1v) is 8.28. The summed E-state index contributed by atoms with van der Waals surface area (Å²) in [5.74, 6) is -0.636. The maximum atomic E-state index is 12.6. The molecular weight excluding hydrogens is 378 g/mol. The second-order valence-electron chi connectivity index (χ2n) is 6.00. The number of amides is 1. The summed E-state index contributed by atoms with van der Waals surface area (Å²) in [6, 6.07) is 4.85. The van der Waals surface area contributed by atoms with Crippen LogP contribution < -0.4 is 0 Å². The Hall–Kier alpha value is -1.73. The van der Waals surface area contributed by atoms with E-state index in [-0.39, 0.29) is 11.5 Å². The van der Waals surface area contributed by atoms with Gasteiger partial charge in [0.25, 0.3) is 5.91 Å². The highest BCUT2D eigenvalue weighted by Crippen LogP contribution is 2.43. The van der Waals surface area contributed by atoms with E-state index >= 15 is 0 Å². The lowest BCUT2D eigenvalue weighted by Gasteiger charge is -2.19. The van der Waals surface area contributed by atoms with Crippen LogP contribution in [0.15, 0.2) is 24.4 Å². The van der Waals surface area contributed by atoms with Gasteiger partial charge >= 0.3 is 6.18 Å². The van der Waals surface area contributed by atoms with Gasteiger partial charge in [-0.2, -0.15) is 18.3 Å². The molecule has 1 aliphatic rings. The van der Waals surface area contributed by atoms with Gasteiger partial charge in [-0.05, 0) is 31.0 Å². The van der Waals surface area contributed by atoms with Gasteiger partial charge in [-0.1, -0.05) is 23.2 Å². The van der Waals surface area contributed by atoms with Crippen molar-refractivity contribution in [3.05, 3.63) is 45.7 Å². The third-order valence-electron chi connectivity index (χ3n) is 3.90. The first-order chi connectivity index (χ1) is 11.7. The SMILES string of the molecule is CN(CC(F)(F)F)C(=O)c1cnn(-c2ccc(Cl)cc2Cl)c1C1CC1. The summed E-state index contributed by atoms with van der Waals surface area (Å²) in [5, 5.41) is 5.00. The lowest BCUT2D eigenvalue weighted by Crippen LogP contribution is -2.36. The van der Waals surface area contributed by atoms with Crippen LogP contribution >= 0.6 is 23.2 Å². The molecule has 1 aromatic carbocycles. The normalized spacial score (nSPS) is 14.6. The Morgan fingerprint density at radius 1 is 1.36 bits per heavy atom. The fraction of sp³-hybridized carbons (Fsp3) is 0.375. The third-order valence-corrected chi connectivity index (χ3v) is 4.44. The third kappa shape index (κ3) is 3.93. The fourth-order valence-electron chi connectivity index (χ4n) is 2.66. The molecule has 25 heavy (non-hydrogen) atoms. The van der Waals surface area contributed by atoms with E-state index in [1.807, 2.05) is 0 Å². The molecule has 1 aromatic heterocycles. The number of carbonyl (C=O) groups excluding carboxylic acids is 1. The van der Waals surface area contributed by atoms with Crippen LogP contribution in [0.25, 0.3) is 5.69 Å². The smallest absolute Gasteiger partial charge is 0.332 e. The Morgan fingerprint density at radius 3 is 2.60 bits per heavy atom. The second-order valence-corrected chi connectivity index (χ2v) is 6.85. The molecule has 0 aliphatic heterocycles. The van der Waals surface area contributed by atoms with Crippen LogP contribution in [0.2, 0.25) is 10.0 Å². The van der Waals surface area contributed by atoms with E-state index in [9.17, 15) is 18.0 Å². The zero-order chi connectivity index (χ0) is 18.4. The molecule has 3 rings (SSSR count). The van der Waals surface area contributed by atoms with Crippen molar-refractivity contribution in [1.82, 2.24) is 14.7 Å². The number of hydrogen-bond donors (Lipinski definition) is 0. The minimum absolute atomic E-state index is 0.0764. The van der Waals surface area contributed by atoms with Crippen LogP contribution in [0, 0.1) is 0 Å². The molecule has 2 aromatic rings. The molecule has 1 fully saturated rings. The number of rotatable bonds is 4. The van der Waals surface area contributed by atoms with E-state index in [4.69, 9.17) is 23.2 Å². The van der Waals surface area contributed by atoms with Crippen molar-refractivity contribution in [2.75, 3.05) is 13.6 Å². The highest BCUT2D eigenvalue weighted by Gasteiger charge is 2.36. The minimum atomic E-state index is -4.46. The highest BCUT2D eigenvalue weighted by molar-refractivity contribution is 6.35. The van der Waals surface area contributed by atoms with Gasteiger partial charge in [0.05, 0.1) is 28.2 Å². The Bertz CT molecular complexity index is 815. The van der Waals surface area contributed by atoms with Crippen LogP contribution in [-0.4, -0.2) is 40.4 Å². The Morgan fingerprint density at radius 2 is 2.04 bits per heavy atom. The van der Waals surface area contributed by atoms with E-state index in [2.05, 4.69) is 5.10 Å². The summed E-state index contributed by atoms with van der Waals surface area (Å²) in [6.07, 6.45) is -1.46. The van der Waals surface area contributed by atoms with Crippen molar-refractivity contribution in [2.24, 2.45) is 0 Å². The van der Waals surface area contributed by atoms with Crippen LogP contribution in [0.5, 0.6) is 0 Å². The van der Waals surface area contributed by atoms with Crippen LogP contribution in [0.3, 0.4) is 0 Å². The Balaban J connectivity index is 2.00. The number of carbonyl (C=O) groups is 1. The summed E-state index contributed by atoms with van der Waals surface area (Å²) in [7, 11) is 1.12. The molecular formula is C16H14Cl2F3N3O. The molecule has 1 saturated carbocycles. The van der Waals surface area contributed by atoms with Crippen LogP contribution in [-0.2, 0) is 0 Å². The number of hydrogen-bond acceptors (Lipinski definition) is 2. The maximum Gasteiger partial charge on any atom is 0.406 e. The minimum Gasteiger partial charge on any atom is -0.332 e. The summed E-state index contributed by atoms with van der Waals surface area (Å²) < 4.78 is 39.2. The molecule has 1 aliphatic carbocycles. The number of nitrogens with zero attached hydrogens (tertiary/aromatic N) is 3. The molecule has 0 spiro atoms. The highest BCUT2D eigenvalue weighted by atomic mass is 35.5. The summed E-state index contributed by atoms with van der Waals surface area (Å²) in [5.41, 5.74) is 1.29. The van der Waals surface area contributed by atoms with Gasteiger partial charge in [0.15, 0.2) is 0 Å². The van der Waals surface area contributed by atoms with E-state index in [1.165, 1.54) is 10.9 Å². The van der Waals surface area contributed by atoms with Crippen LogP contribution in [0.1, 0.15) is 34.8 Å². The van der Waals surface area contributed by atoms with E-state index < -0.39 is 18.6 Å². The molecule has 0 saturated heterocycles. The lowest BCUT2D eigenvalue weighted by molar-refractivity contribution is -0.138. The Labute approximate surface area is 152 Å². The number of alkyl halides is 3. The summed E-state index contributed by atoms with van der Waals surface area (Å²) in [4.78, 5) is 13.1. The topological polar surface area (TPSA) is 38.1 Å². The quantitative estimate of drug-likeness (QED) is 0.757. The Kier molecular flexibility index (Phi) is 4.72. The number of aromatic nitrogens is 2. The van der Waals surface area contributed by atoms with Crippen molar-refractivity contribution >= 4 is 29.1 Å². The summed E-state index contributed by atoms with van der Waals surface area (Å²) >= 11 is 12.1. The maximum absolute atomic E-state index is 12.6. The van der Waals surface area contributed by atoms with Crippen molar-refractivity contribution in [3.63, 3.8) is 0 Å². The molecule has 0 bridgehead atoms. The first-order valence-electron chi connectivity index (χ1n) is 7.53. The molecule has 0 N–H and O–H groups in total. The average Bonchev–Trinajstić information content (AvgIpc) is 3.24. The van der Waals surface area contributed by atoms with Gasteiger partial charge in [-0.3, -0.25) is 4.79 Å². The van der Waals surface area contributed by atoms with Gasteiger partial charge in [0, 0.05) is 18.0 Å². The van der Waals surface area contributed by atoms with Gasteiger partial charge in [0.1, 0.15) is 6.54 Å². The molecule has 1 amide bonds. The van der Waals surface area contributed by atoms with Gasteiger partial charge in [-0.25, -0.2) is 4.68 Å². The van der Waals surface area contributed by atoms with Gasteiger partial charge < -0.3 is 4.90 Å². The molecule has 1 heterocycles. The predicted molar refractivity (Wildman–Crippen MR) is 88.6 cm³/mol. The number of halogens is 5. The zero-order valence-corrected chi connectivity index (χ0v) is 14.7. The van der Waals surface area contributed by atoms with Gasteiger partial charge in [-0.15, -0.1) is 0 Å². The molecule has 9 heteroatoms. The first kappa shape index (κ1) is 18.1. The monoisotopic (exact) mass is 391 g/mol. The van der Waals surface area contributed by atoms with Crippen molar-refractivity contribution < 1.29 is 18.0 Å². The number of benzene rings is 1. The fourth-order valence-corrected chi connectivity index (χ4v) is 3.15. The molecule has 0 atom stereocenters. The van der Waals surface area contributed by atoms with Gasteiger partial charge in [0.2, 0.25) is 0 Å². The average molecular weight is 392 g/mol. The van der Waals surface area contributed by atoms with E-state index in [1.54, 1.807) is 18.2 Å². The van der Waals surface area contributed by atoms with Crippen LogP contribution in [0.4, 0.5) is 13.2 Å². The van der Waals surface area contributed by atoms with E-state index in [0.29, 0.717) is 26.3 Å². The van der Waals surface area contributed by atoms with Crippen molar-refractivity contribution in [3.8, 4) is 5.69 Å². The summed E-state index contributed by atoms with van der Waals surface area (Å²) in [6.45, 7) is -1.32. The molecule has 4 nitrogen and oxygen atoms in total. The molecule has 0 unspecified atom stereocenters. The molecule has 0 radical (unpaired) electrons. The van der Waals surface area contributed by atoms with E-state index in [0.717, 1.165) is 19.9 Å². The largest absolute Gasteiger partial charge is 0.406 e. The zero-order valence-electron chi connectivity index (χ0n) is 13.1.